The molecule has 1 fully saturated rings. The number of hydrogen-bond acceptors (Lipinski definition) is 2. The zero-order valence-electron chi connectivity index (χ0n) is 10.3. The van der Waals surface area contributed by atoms with Crippen LogP contribution in [0.15, 0.2) is 18.2 Å². The molecule has 0 radical (unpaired) electrons. The molecule has 2 N–H and O–H groups in total. The summed E-state index contributed by atoms with van der Waals surface area (Å²) in [4.78, 5) is 13.5. The first-order valence-corrected chi connectivity index (χ1v) is 6.06. The number of hydrogen-bond donors (Lipinski definition) is 2. The zero-order chi connectivity index (χ0) is 13.1. The predicted molar refractivity (Wildman–Crippen MR) is 67.0 cm³/mol. The Balaban J connectivity index is 2.04. The molecule has 5 heteroatoms. The second-order valence-corrected chi connectivity index (χ2v) is 4.63. The first kappa shape index (κ1) is 12.8. The maximum Gasteiger partial charge on any atom is 0.321 e. The lowest BCUT2D eigenvalue weighted by Gasteiger charge is -2.30. The molecule has 1 aliphatic heterocycles. The molecular formula is C13H17FN2O2. The third kappa shape index (κ3) is 2.98. The summed E-state index contributed by atoms with van der Waals surface area (Å²) >= 11 is 0. The Bertz CT molecular complexity index is 451. The molecule has 1 aromatic rings. The smallest absolute Gasteiger partial charge is 0.321 e. The quantitative estimate of drug-likeness (QED) is 0.804. The number of piperidine rings is 1. The van der Waals surface area contributed by atoms with Crippen LogP contribution in [0.3, 0.4) is 0 Å². The SMILES string of the molecule is Cc1ccc(F)cc1NC(=O)N1CCCC(O)C1. The third-order valence-electron chi connectivity index (χ3n) is 3.12. The van der Waals surface area contributed by atoms with E-state index in [1.165, 1.54) is 12.1 Å². The molecule has 1 saturated heterocycles. The van der Waals surface area contributed by atoms with Gasteiger partial charge in [-0.3, -0.25) is 0 Å². The number of carbonyl (C=O) groups excluding carboxylic acids is 1. The topological polar surface area (TPSA) is 52.6 Å². The van der Waals surface area contributed by atoms with E-state index in [0.29, 0.717) is 18.8 Å². The summed E-state index contributed by atoms with van der Waals surface area (Å²) < 4.78 is 13.1. The molecule has 98 valence electrons. The van der Waals surface area contributed by atoms with Crippen LogP contribution in [0, 0.1) is 12.7 Å². The second-order valence-electron chi connectivity index (χ2n) is 4.63. The van der Waals surface area contributed by atoms with Crippen molar-refractivity contribution < 1.29 is 14.3 Å². The average Bonchev–Trinajstić information content (AvgIpc) is 2.34. The van der Waals surface area contributed by atoms with Crippen molar-refractivity contribution in [1.82, 2.24) is 4.90 Å². The molecule has 0 aliphatic carbocycles. The van der Waals surface area contributed by atoms with Gasteiger partial charge in [0.1, 0.15) is 5.82 Å². The molecule has 1 heterocycles. The fourth-order valence-electron chi connectivity index (χ4n) is 2.06. The molecular weight excluding hydrogens is 235 g/mol. The van der Waals surface area contributed by atoms with Gasteiger partial charge < -0.3 is 15.3 Å². The van der Waals surface area contributed by atoms with Crippen molar-refractivity contribution in [1.29, 1.82) is 0 Å². The molecule has 0 saturated carbocycles. The summed E-state index contributed by atoms with van der Waals surface area (Å²) in [6.07, 6.45) is 1.05. The van der Waals surface area contributed by atoms with E-state index in [0.717, 1.165) is 18.4 Å². The van der Waals surface area contributed by atoms with Crippen molar-refractivity contribution in [3.8, 4) is 0 Å². The van der Waals surface area contributed by atoms with Gasteiger partial charge in [0.25, 0.3) is 0 Å². The summed E-state index contributed by atoms with van der Waals surface area (Å²) in [6, 6.07) is 3.99. The summed E-state index contributed by atoms with van der Waals surface area (Å²) in [6.45, 7) is 2.76. The first-order chi connectivity index (χ1) is 8.56. The van der Waals surface area contributed by atoms with E-state index in [4.69, 9.17) is 0 Å². The lowest BCUT2D eigenvalue weighted by Crippen LogP contribution is -2.44. The van der Waals surface area contributed by atoms with Crippen LogP contribution in [-0.4, -0.2) is 35.2 Å². The first-order valence-electron chi connectivity index (χ1n) is 6.06. The van der Waals surface area contributed by atoms with Gasteiger partial charge >= 0.3 is 6.03 Å². The van der Waals surface area contributed by atoms with Gasteiger partial charge in [0.05, 0.1) is 6.10 Å². The second kappa shape index (κ2) is 5.35. The number of rotatable bonds is 1. The van der Waals surface area contributed by atoms with E-state index in [2.05, 4.69) is 5.32 Å². The number of β-amino-alcohol motifs (C(OH)–C–C–N with tert-alkyl or cyclic N) is 1. The van der Waals surface area contributed by atoms with Gasteiger partial charge in [-0.1, -0.05) is 6.07 Å². The number of likely N-dealkylation sites (tertiary alicyclic amines) is 1. The van der Waals surface area contributed by atoms with E-state index in [9.17, 15) is 14.3 Å². The number of aryl methyl sites for hydroxylation is 1. The Morgan fingerprint density at radius 3 is 3.06 bits per heavy atom. The Morgan fingerprint density at radius 1 is 1.56 bits per heavy atom. The minimum absolute atomic E-state index is 0.289. The number of nitrogens with one attached hydrogen (secondary N) is 1. The fourth-order valence-corrected chi connectivity index (χ4v) is 2.06. The number of nitrogens with zero attached hydrogens (tertiary/aromatic N) is 1. The molecule has 2 rings (SSSR count). The minimum atomic E-state index is -0.460. The highest BCUT2D eigenvalue weighted by atomic mass is 19.1. The maximum atomic E-state index is 13.1. The van der Waals surface area contributed by atoms with Crippen LogP contribution >= 0.6 is 0 Å². The number of amides is 2. The Kier molecular flexibility index (Phi) is 3.81. The summed E-state index contributed by atoms with van der Waals surface area (Å²) in [5.74, 6) is -0.380. The van der Waals surface area contributed by atoms with Gasteiger partial charge in [-0.15, -0.1) is 0 Å². The lowest BCUT2D eigenvalue weighted by molar-refractivity contribution is 0.0883. The van der Waals surface area contributed by atoms with Crippen LogP contribution in [0.5, 0.6) is 0 Å². The number of aliphatic hydroxyl groups excluding tert-OH is 1. The van der Waals surface area contributed by atoms with Crippen molar-refractivity contribution in [2.24, 2.45) is 0 Å². The van der Waals surface area contributed by atoms with E-state index in [1.54, 1.807) is 17.9 Å². The van der Waals surface area contributed by atoms with Crippen LogP contribution in [0.2, 0.25) is 0 Å². The minimum Gasteiger partial charge on any atom is -0.391 e. The molecule has 0 aromatic heterocycles. The van der Waals surface area contributed by atoms with Crippen molar-refractivity contribution in [2.45, 2.75) is 25.9 Å². The van der Waals surface area contributed by atoms with Crippen molar-refractivity contribution in [3.63, 3.8) is 0 Å². The van der Waals surface area contributed by atoms with Crippen molar-refractivity contribution >= 4 is 11.7 Å². The van der Waals surface area contributed by atoms with Crippen LogP contribution in [0.25, 0.3) is 0 Å². The number of benzene rings is 1. The molecule has 1 unspecified atom stereocenters. The highest BCUT2D eigenvalue weighted by Crippen LogP contribution is 2.18. The highest BCUT2D eigenvalue weighted by molar-refractivity contribution is 5.90. The third-order valence-corrected chi connectivity index (χ3v) is 3.12. The largest absolute Gasteiger partial charge is 0.391 e. The number of urea groups is 1. The molecule has 0 spiro atoms. The van der Waals surface area contributed by atoms with Crippen molar-refractivity contribution in [3.05, 3.63) is 29.6 Å². The Morgan fingerprint density at radius 2 is 2.33 bits per heavy atom. The zero-order valence-corrected chi connectivity index (χ0v) is 10.3. The molecule has 2 amide bonds. The average molecular weight is 252 g/mol. The molecule has 4 nitrogen and oxygen atoms in total. The van der Waals surface area contributed by atoms with Crippen molar-refractivity contribution in [2.75, 3.05) is 18.4 Å². The van der Waals surface area contributed by atoms with Gasteiger partial charge in [-0.25, -0.2) is 9.18 Å². The van der Waals surface area contributed by atoms with Gasteiger partial charge in [0, 0.05) is 18.8 Å². The molecule has 1 atom stereocenters. The van der Waals surface area contributed by atoms with Gasteiger partial charge in [0.15, 0.2) is 0 Å². The Hall–Kier alpha value is -1.62. The monoisotopic (exact) mass is 252 g/mol. The maximum absolute atomic E-state index is 13.1. The highest BCUT2D eigenvalue weighted by Gasteiger charge is 2.22. The molecule has 1 aliphatic rings. The normalized spacial score (nSPS) is 19.7. The van der Waals surface area contributed by atoms with Gasteiger partial charge in [-0.2, -0.15) is 0 Å². The van der Waals surface area contributed by atoms with Gasteiger partial charge in [0.2, 0.25) is 0 Å². The summed E-state index contributed by atoms with van der Waals surface area (Å²) in [7, 11) is 0. The fraction of sp³-hybridized carbons (Fsp3) is 0.462. The molecule has 18 heavy (non-hydrogen) atoms. The lowest BCUT2D eigenvalue weighted by atomic mass is 10.1. The summed E-state index contributed by atoms with van der Waals surface area (Å²) in [5.41, 5.74) is 1.28. The summed E-state index contributed by atoms with van der Waals surface area (Å²) in [5, 5.41) is 12.2. The van der Waals surface area contributed by atoms with E-state index < -0.39 is 6.10 Å². The number of carbonyl (C=O) groups is 1. The molecule has 0 bridgehead atoms. The molecule has 1 aromatic carbocycles. The standard InChI is InChI=1S/C13H17FN2O2/c1-9-4-5-10(14)7-12(9)15-13(18)16-6-2-3-11(17)8-16/h4-5,7,11,17H,2-3,6,8H2,1H3,(H,15,18). The van der Waals surface area contributed by atoms with Gasteiger partial charge in [-0.05, 0) is 37.5 Å². The Labute approximate surface area is 105 Å². The van der Waals surface area contributed by atoms with E-state index in [-0.39, 0.29) is 11.8 Å². The number of aliphatic hydroxyl groups is 1. The van der Waals surface area contributed by atoms with E-state index in [1.807, 2.05) is 0 Å². The van der Waals surface area contributed by atoms with Crippen LogP contribution in [0.1, 0.15) is 18.4 Å². The van der Waals surface area contributed by atoms with Crippen LogP contribution in [-0.2, 0) is 0 Å². The number of halogens is 1. The predicted octanol–water partition coefficient (Wildman–Crippen LogP) is 2.12. The van der Waals surface area contributed by atoms with Crippen LogP contribution in [0.4, 0.5) is 14.9 Å². The number of anilines is 1. The van der Waals surface area contributed by atoms with Crippen LogP contribution < -0.4 is 5.32 Å². The van der Waals surface area contributed by atoms with E-state index >= 15 is 0 Å².